The van der Waals surface area contributed by atoms with Crippen LogP contribution in [-0.4, -0.2) is 22.8 Å². The summed E-state index contributed by atoms with van der Waals surface area (Å²) in [4.78, 5) is 26.3. The maximum absolute atomic E-state index is 13.5. The van der Waals surface area contributed by atoms with Crippen LogP contribution in [0.5, 0.6) is 0 Å². The molecule has 36 heavy (non-hydrogen) atoms. The molecule has 5 heteroatoms. The van der Waals surface area contributed by atoms with Crippen LogP contribution in [0.15, 0.2) is 115 Å². The van der Waals surface area contributed by atoms with Crippen molar-refractivity contribution in [1.29, 1.82) is 0 Å². The second-order valence-electron chi connectivity index (χ2n) is 8.82. The lowest BCUT2D eigenvalue weighted by molar-refractivity contribution is -0.127. The topological polar surface area (TPSA) is 92.4 Å². The number of carbonyl (C=O) groups excluding carboxylic acids is 2. The van der Waals surface area contributed by atoms with Gasteiger partial charge in [-0.3, -0.25) is 9.59 Å². The molecule has 0 spiro atoms. The van der Waals surface area contributed by atoms with Gasteiger partial charge in [0.2, 0.25) is 5.91 Å². The molecule has 1 atom stereocenters. The second-order valence-corrected chi connectivity index (χ2v) is 8.82. The van der Waals surface area contributed by atoms with E-state index in [0.29, 0.717) is 0 Å². The molecule has 0 unspecified atom stereocenters. The van der Waals surface area contributed by atoms with Crippen molar-refractivity contribution in [2.75, 3.05) is 0 Å². The molecule has 0 heterocycles. The second kappa shape index (κ2) is 11.6. The third-order valence-corrected chi connectivity index (χ3v) is 6.35. The average molecular weight is 479 g/mol. The molecule has 0 fully saturated rings. The summed E-state index contributed by atoms with van der Waals surface area (Å²) in [5.41, 5.74) is 9.52. The number of hydrogen-bond donors (Lipinski definition) is 3. The van der Waals surface area contributed by atoms with Gasteiger partial charge >= 0.3 is 0 Å². The van der Waals surface area contributed by atoms with E-state index in [1.54, 1.807) is 24.3 Å². The number of aliphatic hydroxyl groups excluding tert-OH is 1. The number of Topliss-reactive ketones (excluding diaryl/α,β-unsaturated/α-hetero) is 1. The highest BCUT2D eigenvalue weighted by molar-refractivity contribution is 5.91. The quantitative estimate of drug-likeness (QED) is 0.299. The number of rotatable bonds is 10. The Morgan fingerprint density at radius 2 is 1.11 bits per heavy atom. The lowest BCUT2D eigenvalue weighted by Gasteiger charge is -2.37. The van der Waals surface area contributed by atoms with Crippen LogP contribution in [0.2, 0.25) is 0 Å². The first kappa shape index (κ1) is 25.0. The van der Waals surface area contributed by atoms with Crippen LogP contribution in [0.25, 0.3) is 0 Å². The van der Waals surface area contributed by atoms with Crippen molar-refractivity contribution >= 4 is 11.7 Å². The van der Waals surface area contributed by atoms with Gasteiger partial charge in [0.15, 0.2) is 5.78 Å². The van der Waals surface area contributed by atoms with Crippen molar-refractivity contribution in [2.24, 2.45) is 5.73 Å². The highest BCUT2D eigenvalue weighted by Gasteiger charge is 2.38. The number of ketones is 1. The zero-order valence-corrected chi connectivity index (χ0v) is 20.0. The molecule has 4 aromatic carbocycles. The summed E-state index contributed by atoms with van der Waals surface area (Å²) in [5.74, 6) is -0.533. The maximum Gasteiger partial charge on any atom is 0.223 e. The van der Waals surface area contributed by atoms with Gasteiger partial charge in [-0.05, 0) is 27.8 Å². The Morgan fingerprint density at radius 1 is 0.694 bits per heavy atom. The smallest absolute Gasteiger partial charge is 0.223 e. The Bertz CT molecular complexity index is 1180. The van der Waals surface area contributed by atoms with E-state index in [-0.39, 0.29) is 31.1 Å². The average Bonchev–Trinajstić information content (AvgIpc) is 2.93. The van der Waals surface area contributed by atoms with Gasteiger partial charge in [0.05, 0.1) is 12.6 Å². The fourth-order valence-electron chi connectivity index (χ4n) is 4.45. The fraction of sp³-hybridized carbons (Fsp3) is 0.161. The predicted molar refractivity (Wildman–Crippen MR) is 141 cm³/mol. The van der Waals surface area contributed by atoms with Gasteiger partial charge in [0.1, 0.15) is 5.54 Å². The highest BCUT2D eigenvalue weighted by Crippen LogP contribution is 2.36. The van der Waals surface area contributed by atoms with Crippen LogP contribution in [0.4, 0.5) is 0 Å². The van der Waals surface area contributed by atoms with Gasteiger partial charge in [-0.15, -0.1) is 0 Å². The van der Waals surface area contributed by atoms with Crippen molar-refractivity contribution in [1.82, 2.24) is 5.32 Å². The van der Waals surface area contributed by atoms with E-state index in [0.717, 1.165) is 27.8 Å². The molecule has 4 N–H and O–H groups in total. The van der Waals surface area contributed by atoms with Gasteiger partial charge in [0.25, 0.3) is 0 Å². The monoisotopic (exact) mass is 478 g/mol. The molecule has 0 bridgehead atoms. The molecule has 1 amide bonds. The van der Waals surface area contributed by atoms with Crippen molar-refractivity contribution in [3.8, 4) is 0 Å². The maximum atomic E-state index is 13.5. The molecule has 0 aliphatic heterocycles. The normalized spacial score (nSPS) is 12.1. The fourth-order valence-corrected chi connectivity index (χ4v) is 4.45. The lowest BCUT2D eigenvalue weighted by atomic mass is 9.77. The number of carbonyl (C=O) groups is 2. The van der Waals surface area contributed by atoms with Gasteiger partial charge in [-0.1, -0.05) is 115 Å². The van der Waals surface area contributed by atoms with Crippen molar-refractivity contribution in [3.63, 3.8) is 0 Å². The van der Waals surface area contributed by atoms with E-state index in [1.165, 1.54) is 0 Å². The molecule has 182 valence electrons. The van der Waals surface area contributed by atoms with E-state index in [2.05, 4.69) is 5.32 Å². The molecule has 0 saturated heterocycles. The number of aliphatic hydroxyl groups is 1. The van der Waals surface area contributed by atoms with E-state index in [4.69, 9.17) is 5.73 Å². The first-order valence-corrected chi connectivity index (χ1v) is 12.0. The molecule has 0 aliphatic rings. The van der Waals surface area contributed by atoms with Crippen LogP contribution < -0.4 is 11.1 Å². The van der Waals surface area contributed by atoms with Gasteiger partial charge in [0, 0.05) is 12.8 Å². The van der Waals surface area contributed by atoms with Crippen LogP contribution in [-0.2, 0) is 28.2 Å². The minimum atomic E-state index is -0.955. The molecular formula is C31H30N2O3. The van der Waals surface area contributed by atoms with Gasteiger partial charge < -0.3 is 16.2 Å². The standard InChI is InChI=1S/C31H30N2O3/c32-28(29(35)20-23-16-18-24(22-34)19-17-23)21-30(36)33-31(25-10-4-1-5-11-25,26-12-6-2-7-13-26)27-14-8-3-9-15-27/h1-19,28,34H,20-22,32H2,(H,33,36)/t28-/m0/s1. The number of nitrogens with one attached hydrogen (secondary N) is 1. The van der Waals surface area contributed by atoms with Crippen molar-refractivity contribution in [2.45, 2.75) is 31.0 Å². The number of amides is 1. The van der Waals surface area contributed by atoms with Gasteiger partial charge in [-0.25, -0.2) is 0 Å². The van der Waals surface area contributed by atoms with Gasteiger partial charge in [-0.2, -0.15) is 0 Å². The third-order valence-electron chi connectivity index (χ3n) is 6.35. The molecule has 4 rings (SSSR count). The molecular weight excluding hydrogens is 448 g/mol. The number of benzene rings is 4. The first-order valence-electron chi connectivity index (χ1n) is 12.0. The van der Waals surface area contributed by atoms with Crippen LogP contribution in [0.3, 0.4) is 0 Å². The summed E-state index contributed by atoms with van der Waals surface area (Å²) in [6.07, 6.45) is -0.0108. The minimum Gasteiger partial charge on any atom is -0.392 e. The van der Waals surface area contributed by atoms with Crippen LogP contribution in [0, 0.1) is 0 Å². The Kier molecular flexibility index (Phi) is 8.06. The molecule has 4 aromatic rings. The van der Waals surface area contributed by atoms with E-state index in [9.17, 15) is 14.7 Å². The Morgan fingerprint density at radius 3 is 1.53 bits per heavy atom. The predicted octanol–water partition coefficient (Wildman–Crippen LogP) is 4.12. The largest absolute Gasteiger partial charge is 0.392 e. The van der Waals surface area contributed by atoms with E-state index >= 15 is 0 Å². The molecule has 0 aliphatic carbocycles. The zero-order valence-electron chi connectivity index (χ0n) is 20.0. The first-order chi connectivity index (χ1) is 17.5. The van der Waals surface area contributed by atoms with E-state index in [1.807, 2.05) is 91.0 Å². The number of hydrogen-bond acceptors (Lipinski definition) is 4. The Labute approximate surface area is 211 Å². The summed E-state index contributed by atoms with van der Waals surface area (Å²) >= 11 is 0. The number of nitrogens with two attached hydrogens (primary N) is 1. The minimum absolute atomic E-state index is 0.0557. The summed E-state index contributed by atoms with van der Waals surface area (Å²) in [6.45, 7) is -0.0557. The highest BCUT2D eigenvalue weighted by atomic mass is 16.3. The Balaban J connectivity index is 1.61. The van der Waals surface area contributed by atoms with Crippen LogP contribution in [0.1, 0.15) is 34.2 Å². The van der Waals surface area contributed by atoms with Crippen LogP contribution >= 0.6 is 0 Å². The molecule has 5 nitrogen and oxygen atoms in total. The summed E-state index contributed by atoms with van der Waals surface area (Å²) in [6, 6.07) is 35.6. The third kappa shape index (κ3) is 5.60. The summed E-state index contributed by atoms with van der Waals surface area (Å²) < 4.78 is 0. The Hall–Kier alpha value is -4.06. The van der Waals surface area contributed by atoms with E-state index < -0.39 is 11.6 Å². The molecule has 0 aromatic heterocycles. The SMILES string of the molecule is N[C@@H](CC(=O)NC(c1ccccc1)(c1ccccc1)c1ccccc1)C(=O)Cc1ccc(CO)cc1. The molecule has 0 saturated carbocycles. The summed E-state index contributed by atoms with van der Waals surface area (Å²) in [7, 11) is 0. The lowest BCUT2D eigenvalue weighted by Crippen LogP contribution is -2.49. The summed E-state index contributed by atoms with van der Waals surface area (Å²) in [5, 5.41) is 12.5. The molecule has 0 radical (unpaired) electrons. The zero-order chi connectivity index (χ0) is 25.4. The van der Waals surface area contributed by atoms with Crippen molar-refractivity contribution < 1.29 is 14.7 Å². The van der Waals surface area contributed by atoms with Crippen molar-refractivity contribution in [3.05, 3.63) is 143 Å².